The maximum Gasteiger partial charge on any atom is 0.326 e. The highest BCUT2D eigenvalue weighted by Crippen LogP contribution is 2.29. The zero-order valence-electron chi connectivity index (χ0n) is 15.4. The molecule has 1 aliphatic heterocycles. The third-order valence-electron chi connectivity index (χ3n) is 5.34. The van der Waals surface area contributed by atoms with Crippen molar-refractivity contribution in [2.75, 3.05) is 0 Å². The Kier molecular flexibility index (Phi) is 4.22. The Bertz CT molecular complexity index is 1030. The van der Waals surface area contributed by atoms with Gasteiger partial charge in [0.05, 0.1) is 0 Å². The normalized spacial score (nSPS) is 16.6. The molecule has 1 atom stereocenters. The lowest BCUT2D eigenvalue weighted by Gasteiger charge is -2.34. The SMILES string of the molecule is CC(C)n1ccc2c(C(=O)N3Cc4ccccc4C[C@@H]3C(=O)O)cccc21. The Morgan fingerprint density at radius 2 is 1.78 bits per heavy atom. The first kappa shape index (κ1) is 17.3. The molecular weight excluding hydrogens is 340 g/mol. The molecule has 1 aliphatic rings. The molecule has 2 heterocycles. The van der Waals surface area contributed by atoms with E-state index < -0.39 is 12.0 Å². The maximum atomic E-state index is 13.4. The molecule has 0 aliphatic carbocycles. The van der Waals surface area contributed by atoms with Gasteiger partial charge in [0.2, 0.25) is 0 Å². The molecule has 0 fully saturated rings. The molecule has 0 bridgehead atoms. The lowest BCUT2D eigenvalue weighted by Crippen LogP contribution is -2.48. The Balaban J connectivity index is 1.78. The van der Waals surface area contributed by atoms with Crippen LogP contribution in [0.15, 0.2) is 54.7 Å². The molecule has 0 saturated heterocycles. The van der Waals surface area contributed by atoms with Crippen molar-refractivity contribution >= 4 is 22.8 Å². The molecular formula is C22H22N2O3. The maximum absolute atomic E-state index is 13.4. The van der Waals surface area contributed by atoms with Gasteiger partial charge in [-0.2, -0.15) is 0 Å². The first-order valence-electron chi connectivity index (χ1n) is 9.17. The molecule has 0 spiro atoms. The number of carboxylic acid groups (broad SMARTS) is 1. The van der Waals surface area contributed by atoms with E-state index in [-0.39, 0.29) is 11.9 Å². The summed E-state index contributed by atoms with van der Waals surface area (Å²) in [6.07, 6.45) is 2.31. The van der Waals surface area contributed by atoms with Gasteiger partial charge in [-0.1, -0.05) is 30.3 Å². The number of carbonyl (C=O) groups is 2. The van der Waals surface area contributed by atoms with E-state index >= 15 is 0 Å². The van der Waals surface area contributed by atoms with E-state index in [1.165, 1.54) is 4.90 Å². The number of amides is 1. The molecule has 27 heavy (non-hydrogen) atoms. The number of rotatable bonds is 3. The predicted molar refractivity (Wildman–Crippen MR) is 104 cm³/mol. The summed E-state index contributed by atoms with van der Waals surface area (Å²) in [6, 6.07) is 14.7. The Morgan fingerprint density at radius 1 is 1.04 bits per heavy atom. The van der Waals surface area contributed by atoms with Gasteiger partial charge in [0.25, 0.3) is 5.91 Å². The molecule has 0 saturated carbocycles. The quantitative estimate of drug-likeness (QED) is 0.769. The smallest absolute Gasteiger partial charge is 0.326 e. The van der Waals surface area contributed by atoms with Gasteiger partial charge in [0.15, 0.2) is 0 Å². The summed E-state index contributed by atoms with van der Waals surface area (Å²) in [6.45, 7) is 4.50. The first-order chi connectivity index (χ1) is 13.0. The third kappa shape index (κ3) is 2.89. The third-order valence-corrected chi connectivity index (χ3v) is 5.34. The van der Waals surface area contributed by atoms with Crippen molar-refractivity contribution in [3.05, 3.63) is 71.4 Å². The number of benzene rings is 2. The van der Waals surface area contributed by atoms with Crippen LogP contribution >= 0.6 is 0 Å². The largest absolute Gasteiger partial charge is 0.480 e. The van der Waals surface area contributed by atoms with Gasteiger partial charge < -0.3 is 14.6 Å². The summed E-state index contributed by atoms with van der Waals surface area (Å²) in [7, 11) is 0. The van der Waals surface area contributed by atoms with Crippen LogP contribution in [0.5, 0.6) is 0 Å². The molecule has 0 unspecified atom stereocenters. The molecule has 1 N–H and O–H groups in total. The number of aromatic nitrogens is 1. The van der Waals surface area contributed by atoms with Crippen LogP contribution < -0.4 is 0 Å². The fourth-order valence-electron chi connectivity index (χ4n) is 3.94. The van der Waals surface area contributed by atoms with Gasteiger partial charge in [-0.05, 0) is 43.2 Å². The summed E-state index contributed by atoms with van der Waals surface area (Å²) in [4.78, 5) is 26.7. The highest BCUT2D eigenvalue weighted by Gasteiger charge is 2.35. The number of aliphatic carboxylic acids is 1. The number of hydrogen-bond acceptors (Lipinski definition) is 2. The topological polar surface area (TPSA) is 62.5 Å². The molecule has 5 nitrogen and oxygen atoms in total. The molecule has 1 aromatic heterocycles. The van der Waals surface area contributed by atoms with Crippen molar-refractivity contribution in [2.45, 2.75) is 38.9 Å². The van der Waals surface area contributed by atoms with Crippen LogP contribution in [0, 0.1) is 0 Å². The fourth-order valence-corrected chi connectivity index (χ4v) is 3.94. The van der Waals surface area contributed by atoms with Gasteiger partial charge in [-0.15, -0.1) is 0 Å². The summed E-state index contributed by atoms with van der Waals surface area (Å²) >= 11 is 0. The highest BCUT2D eigenvalue weighted by molar-refractivity contribution is 6.07. The van der Waals surface area contributed by atoms with Gasteiger partial charge in [0.1, 0.15) is 6.04 Å². The summed E-state index contributed by atoms with van der Waals surface area (Å²) in [5, 5.41) is 10.6. The molecule has 4 rings (SSSR count). The Morgan fingerprint density at radius 3 is 2.48 bits per heavy atom. The average molecular weight is 362 g/mol. The van der Waals surface area contributed by atoms with E-state index in [9.17, 15) is 14.7 Å². The number of carbonyl (C=O) groups excluding carboxylic acids is 1. The first-order valence-corrected chi connectivity index (χ1v) is 9.17. The summed E-state index contributed by atoms with van der Waals surface area (Å²) in [5.41, 5.74) is 3.55. The van der Waals surface area contributed by atoms with Crippen LogP contribution in [0.3, 0.4) is 0 Å². The Labute approximate surface area is 157 Å². The van der Waals surface area contributed by atoms with Gasteiger partial charge in [-0.3, -0.25) is 4.79 Å². The second-order valence-electron chi connectivity index (χ2n) is 7.32. The van der Waals surface area contributed by atoms with E-state index in [1.807, 2.05) is 48.7 Å². The van der Waals surface area contributed by atoms with Crippen molar-refractivity contribution in [2.24, 2.45) is 0 Å². The zero-order chi connectivity index (χ0) is 19.1. The van der Waals surface area contributed by atoms with Crippen molar-refractivity contribution in [1.29, 1.82) is 0 Å². The molecule has 3 aromatic rings. The van der Waals surface area contributed by atoms with E-state index in [1.54, 1.807) is 6.07 Å². The fraction of sp³-hybridized carbons (Fsp3) is 0.273. The minimum Gasteiger partial charge on any atom is -0.480 e. The van der Waals surface area contributed by atoms with E-state index in [0.29, 0.717) is 18.5 Å². The van der Waals surface area contributed by atoms with Crippen LogP contribution in [0.25, 0.3) is 10.9 Å². The van der Waals surface area contributed by atoms with Crippen LogP contribution in [-0.4, -0.2) is 32.5 Å². The molecule has 0 radical (unpaired) electrons. The van der Waals surface area contributed by atoms with Gasteiger partial charge in [-0.25, -0.2) is 4.79 Å². The zero-order valence-corrected chi connectivity index (χ0v) is 15.4. The molecule has 5 heteroatoms. The second-order valence-corrected chi connectivity index (χ2v) is 7.32. The predicted octanol–water partition coefficient (Wildman–Crippen LogP) is 3.87. The van der Waals surface area contributed by atoms with Crippen molar-refractivity contribution in [3.8, 4) is 0 Å². The number of carboxylic acids is 1. The number of nitrogens with zero attached hydrogens (tertiary/aromatic N) is 2. The van der Waals surface area contributed by atoms with Crippen LogP contribution in [0.4, 0.5) is 0 Å². The van der Waals surface area contributed by atoms with Crippen LogP contribution in [0.2, 0.25) is 0 Å². The van der Waals surface area contributed by atoms with Crippen LogP contribution in [0.1, 0.15) is 41.4 Å². The van der Waals surface area contributed by atoms with E-state index in [4.69, 9.17) is 0 Å². The summed E-state index contributed by atoms with van der Waals surface area (Å²) in [5.74, 6) is -1.20. The lowest BCUT2D eigenvalue weighted by atomic mass is 9.93. The minimum atomic E-state index is -0.968. The highest BCUT2D eigenvalue weighted by atomic mass is 16.4. The van der Waals surface area contributed by atoms with Gasteiger partial charge >= 0.3 is 5.97 Å². The lowest BCUT2D eigenvalue weighted by molar-refractivity contribution is -0.142. The van der Waals surface area contributed by atoms with Crippen molar-refractivity contribution in [3.63, 3.8) is 0 Å². The van der Waals surface area contributed by atoms with Crippen molar-refractivity contribution in [1.82, 2.24) is 9.47 Å². The van der Waals surface area contributed by atoms with Crippen LogP contribution in [-0.2, 0) is 17.8 Å². The monoisotopic (exact) mass is 362 g/mol. The summed E-state index contributed by atoms with van der Waals surface area (Å²) < 4.78 is 2.12. The molecule has 138 valence electrons. The number of fused-ring (bicyclic) bond motifs is 2. The average Bonchev–Trinajstić information content (AvgIpc) is 3.10. The molecule has 1 amide bonds. The van der Waals surface area contributed by atoms with Gasteiger partial charge in [0, 0.05) is 41.7 Å². The minimum absolute atomic E-state index is 0.232. The second kappa shape index (κ2) is 6.58. The number of hydrogen-bond donors (Lipinski definition) is 1. The Hall–Kier alpha value is -3.08. The van der Waals surface area contributed by atoms with E-state index in [2.05, 4.69) is 18.4 Å². The molecule has 2 aromatic carbocycles. The standard InChI is InChI=1S/C22H22N2O3/c1-14(2)23-11-10-17-18(8-5-9-19(17)23)21(25)24-13-16-7-4-3-6-15(16)12-20(24)22(26)27/h3-11,14,20H,12-13H2,1-2H3,(H,26,27)/t20-/m1/s1. The van der Waals surface area contributed by atoms with E-state index in [0.717, 1.165) is 22.0 Å². The van der Waals surface area contributed by atoms with Crippen molar-refractivity contribution < 1.29 is 14.7 Å².